The summed E-state index contributed by atoms with van der Waals surface area (Å²) in [4.78, 5) is 19.5. The molecule has 11 nitrogen and oxygen atoms in total. The topological polar surface area (TPSA) is 133 Å². The summed E-state index contributed by atoms with van der Waals surface area (Å²) < 4.78 is 28.9. The molecule has 2 aromatic heterocycles. The highest BCUT2D eigenvalue weighted by Gasteiger charge is 2.14. The van der Waals surface area contributed by atoms with Gasteiger partial charge in [-0.1, -0.05) is 0 Å². The van der Waals surface area contributed by atoms with Crippen molar-refractivity contribution in [2.24, 2.45) is 5.73 Å². The molecule has 0 unspecified atom stereocenters. The molecule has 0 atom stereocenters. The van der Waals surface area contributed by atoms with Crippen LogP contribution in [0.15, 0.2) is 30.9 Å². The number of primary amides is 1. The first-order valence-corrected chi connectivity index (χ1v) is 9.11. The first kappa shape index (κ1) is 21.3. The molecule has 2 heterocycles. The van der Waals surface area contributed by atoms with Gasteiger partial charge in [0.05, 0.1) is 36.5 Å². The monoisotopic (exact) mass is 417 g/mol. The lowest BCUT2D eigenvalue weighted by atomic mass is 10.2. The maximum absolute atomic E-state index is 11.0. The first-order valence-electron chi connectivity index (χ1n) is 9.11. The fourth-order valence-electron chi connectivity index (χ4n) is 2.57. The molecule has 2 N–H and O–H groups in total. The minimum absolute atomic E-state index is 0.0481. The molecule has 0 saturated carbocycles. The molecular weight excluding hydrogens is 394 g/mol. The quantitative estimate of drug-likeness (QED) is 0.431. The number of nitrogens with zero attached hydrogens (tertiary/aromatic N) is 4. The van der Waals surface area contributed by atoms with Gasteiger partial charge in [-0.25, -0.2) is 9.97 Å². The first-order chi connectivity index (χ1) is 14.6. The SMILES string of the molecule is COCCOc1cc2ncnc(Oc3cnn(CC(N)=O)c3)c2cc1OCCOC. The highest BCUT2D eigenvalue weighted by atomic mass is 16.5. The van der Waals surface area contributed by atoms with Crippen molar-refractivity contribution in [3.05, 3.63) is 30.9 Å². The van der Waals surface area contributed by atoms with E-state index in [1.807, 2.05) is 0 Å². The molecule has 0 fully saturated rings. The number of fused-ring (bicyclic) bond motifs is 1. The predicted molar refractivity (Wildman–Crippen MR) is 106 cm³/mol. The molecule has 30 heavy (non-hydrogen) atoms. The van der Waals surface area contributed by atoms with E-state index in [-0.39, 0.29) is 6.54 Å². The van der Waals surface area contributed by atoms with E-state index in [9.17, 15) is 4.79 Å². The number of ether oxygens (including phenoxy) is 5. The van der Waals surface area contributed by atoms with Gasteiger partial charge in [0, 0.05) is 20.3 Å². The normalized spacial score (nSPS) is 10.9. The van der Waals surface area contributed by atoms with Gasteiger partial charge in [-0.2, -0.15) is 5.10 Å². The molecule has 0 bridgehead atoms. The Morgan fingerprint density at radius 1 is 1.03 bits per heavy atom. The lowest BCUT2D eigenvalue weighted by Crippen LogP contribution is -2.18. The second kappa shape index (κ2) is 10.4. The summed E-state index contributed by atoms with van der Waals surface area (Å²) in [5.41, 5.74) is 5.79. The maximum Gasteiger partial charge on any atom is 0.239 e. The van der Waals surface area contributed by atoms with Crippen molar-refractivity contribution in [3.63, 3.8) is 0 Å². The number of benzene rings is 1. The molecule has 11 heteroatoms. The van der Waals surface area contributed by atoms with Crippen LogP contribution in [0.2, 0.25) is 0 Å². The van der Waals surface area contributed by atoms with E-state index in [1.165, 1.54) is 17.2 Å². The Hall–Kier alpha value is -3.44. The second-order valence-electron chi connectivity index (χ2n) is 6.12. The van der Waals surface area contributed by atoms with Crippen molar-refractivity contribution < 1.29 is 28.5 Å². The largest absolute Gasteiger partial charge is 0.487 e. The van der Waals surface area contributed by atoms with Crippen LogP contribution >= 0.6 is 0 Å². The summed E-state index contributed by atoms with van der Waals surface area (Å²) in [5, 5.41) is 4.65. The molecule has 0 aliphatic carbocycles. The third kappa shape index (κ3) is 5.55. The number of hydrogen-bond acceptors (Lipinski definition) is 9. The molecule has 0 spiro atoms. The minimum Gasteiger partial charge on any atom is -0.487 e. The zero-order chi connectivity index (χ0) is 21.3. The van der Waals surface area contributed by atoms with Crippen LogP contribution in [0.3, 0.4) is 0 Å². The predicted octanol–water partition coefficient (Wildman–Crippen LogP) is 1.15. The van der Waals surface area contributed by atoms with Gasteiger partial charge in [-0.3, -0.25) is 9.48 Å². The molecule has 3 rings (SSSR count). The van der Waals surface area contributed by atoms with Crippen LogP contribution in [-0.2, 0) is 20.8 Å². The van der Waals surface area contributed by atoms with Crippen LogP contribution in [0.5, 0.6) is 23.1 Å². The summed E-state index contributed by atoms with van der Waals surface area (Å²) in [6.45, 7) is 1.50. The fraction of sp³-hybridized carbons (Fsp3) is 0.368. The molecule has 160 valence electrons. The minimum atomic E-state index is -0.504. The van der Waals surface area contributed by atoms with Crippen LogP contribution in [0.4, 0.5) is 0 Å². The standard InChI is InChI=1S/C19H23N5O6/c1-26-3-5-28-16-7-14-15(8-17(16)29-6-4-27-2)21-12-22-19(14)30-13-9-23-24(10-13)11-18(20)25/h7-10,12H,3-6,11H2,1-2H3,(H2,20,25). The summed E-state index contributed by atoms with van der Waals surface area (Å²) in [6, 6.07) is 3.49. The Morgan fingerprint density at radius 3 is 2.40 bits per heavy atom. The Labute approximate surface area is 172 Å². The van der Waals surface area contributed by atoms with Gasteiger partial charge in [0.2, 0.25) is 11.8 Å². The van der Waals surface area contributed by atoms with Gasteiger partial charge in [-0.15, -0.1) is 0 Å². The third-order valence-electron chi connectivity index (χ3n) is 3.90. The maximum atomic E-state index is 11.0. The summed E-state index contributed by atoms with van der Waals surface area (Å²) in [7, 11) is 3.19. The average molecular weight is 417 g/mol. The van der Waals surface area contributed by atoms with Crippen LogP contribution in [0, 0.1) is 0 Å². The second-order valence-corrected chi connectivity index (χ2v) is 6.12. The Bertz CT molecular complexity index is 993. The van der Waals surface area contributed by atoms with Crippen molar-refractivity contribution in [2.45, 2.75) is 6.54 Å². The van der Waals surface area contributed by atoms with Gasteiger partial charge in [0.25, 0.3) is 0 Å². The number of methoxy groups -OCH3 is 2. The molecule has 0 radical (unpaired) electrons. The van der Waals surface area contributed by atoms with Crippen molar-refractivity contribution in [1.82, 2.24) is 19.7 Å². The van der Waals surface area contributed by atoms with Gasteiger partial charge in [0.15, 0.2) is 17.2 Å². The zero-order valence-electron chi connectivity index (χ0n) is 16.7. The zero-order valence-corrected chi connectivity index (χ0v) is 16.7. The van der Waals surface area contributed by atoms with Crippen molar-refractivity contribution >= 4 is 16.8 Å². The lowest BCUT2D eigenvalue weighted by Gasteiger charge is -2.14. The smallest absolute Gasteiger partial charge is 0.239 e. The number of rotatable bonds is 12. The lowest BCUT2D eigenvalue weighted by molar-refractivity contribution is -0.118. The number of carbonyl (C=O) groups excluding carboxylic acids is 1. The van der Waals surface area contributed by atoms with Gasteiger partial charge < -0.3 is 29.4 Å². The van der Waals surface area contributed by atoms with E-state index >= 15 is 0 Å². The Morgan fingerprint density at radius 2 is 1.73 bits per heavy atom. The van der Waals surface area contributed by atoms with Gasteiger partial charge >= 0.3 is 0 Å². The molecular formula is C19H23N5O6. The number of carbonyl (C=O) groups is 1. The van der Waals surface area contributed by atoms with Crippen LogP contribution in [0.25, 0.3) is 10.9 Å². The fourth-order valence-corrected chi connectivity index (χ4v) is 2.57. The van der Waals surface area contributed by atoms with E-state index in [2.05, 4.69) is 15.1 Å². The van der Waals surface area contributed by atoms with Gasteiger partial charge in [0.1, 0.15) is 26.1 Å². The van der Waals surface area contributed by atoms with Crippen LogP contribution in [0.1, 0.15) is 0 Å². The molecule has 1 amide bonds. The molecule has 3 aromatic rings. The number of amides is 1. The number of hydrogen-bond donors (Lipinski definition) is 1. The van der Waals surface area contributed by atoms with Crippen LogP contribution < -0.4 is 19.9 Å². The van der Waals surface area contributed by atoms with E-state index < -0.39 is 5.91 Å². The van der Waals surface area contributed by atoms with Crippen molar-refractivity contribution in [1.29, 1.82) is 0 Å². The molecule has 0 aliphatic rings. The van der Waals surface area contributed by atoms with Crippen LogP contribution in [-0.4, -0.2) is 66.3 Å². The van der Waals surface area contributed by atoms with E-state index in [1.54, 1.807) is 32.5 Å². The van der Waals surface area contributed by atoms with E-state index in [4.69, 9.17) is 29.4 Å². The van der Waals surface area contributed by atoms with Crippen molar-refractivity contribution in [2.75, 3.05) is 40.6 Å². The Balaban J connectivity index is 1.90. The summed E-state index contributed by atoms with van der Waals surface area (Å²) in [5.74, 6) is 1.22. The van der Waals surface area contributed by atoms with E-state index in [0.717, 1.165) is 0 Å². The summed E-state index contributed by atoms with van der Waals surface area (Å²) in [6.07, 6.45) is 4.40. The van der Waals surface area contributed by atoms with Gasteiger partial charge in [-0.05, 0) is 6.07 Å². The molecule has 0 aliphatic heterocycles. The molecule has 1 aromatic carbocycles. The highest BCUT2D eigenvalue weighted by Crippen LogP contribution is 2.36. The number of aromatic nitrogens is 4. The average Bonchev–Trinajstić information content (AvgIpc) is 3.15. The third-order valence-corrected chi connectivity index (χ3v) is 3.90. The highest BCUT2D eigenvalue weighted by molar-refractivity contribution is 5.87. The number of nitrogens with two attached hydrogens (primary N) is 1. The van der Waals surface area contributed by atoms with Crippen molar-refractivity contribution in [3.8, 4) is 23.1 Å². The summed E-state index contributed by atoms with van der Waals surface area (Å²) >= 11 is 0. The van der Waals surface area contributed by atoms with E-state index in [0.29, 0.717) is 60.5 Å². The Kier molecular flexibility index (Phi) is 7.35. The molecule has 0 saturated heterocycles.